The van der Waals surface area contributed by atoms with E-state index < -0.39 is 0 Å². The summed E-state index contributed by atoms with van der Waals surface area (Å²) in [6.45, 7) is 4.26. The maximum Gasteiger partial charge on any atom is 0.127 e. The smallest absolute Gasteiger partial charge is 0.127 e. The summed E-state index contributed by atoms with van der Waals surface area (Å²) in [7, 11) is 1.70. The average molecular weight is 241 g/mol. The fourth-order valence-corrected chi connectivity index (χ4v) is 2.12. The van der Waals surface area contributed by atoms with Crippen molar-refractivity contribution in [3.63, 3.8) is 0 Å². The van der Waals surface area contributed by atoms with E-state index in [0.717, 1.165) is 28.1 Å². The van der Waals surface area contributed by atoms with Crippen LogP contribution in [-0.4, -0.2) is 7.11 Å². The summed E-state index contributed by atoms with van der Waals surface area (Å²) in [5.41, 5.74) is 10.2. The molecule has 0 bridgehead atoms. The molecule has 0 radical (unpaired) electrons. The first-order valence-corrected chi connectivity index (χ1v) is 6.16. The Morgan fingerprint density at radius 1 is 1.06 bits per heavy atom. The van der Waals surface area contributed by atoms with Crippen molar-refractivity contribution in [2.75, 3.05) is 12.8 Å². The number of nitrogens with two attached hydrogens (primary N) is 1. The van der Waals surface area contributed by atoms with Crippen molar-refractivity contribution in [2.24, 2.45) is 0 Å². The first kappa shape index (κ1) is 12.5. The van der Waals surface area contributed by atoms with E-state index in [0.29, 0.717) is 5.92 Å². The SMILES string of the molecule is COc1cc(C(C)C)c(N)cc1-c1ccccc1. The van der Waals surface area contributed by atoms with Gasteiger partial charge in [0.2, 0.25) is 0 Å². The maximum absolute atomic E-state index is 6.13. The summed E-state index contributed by atoms with van der Waals surface area (Å²) >= 11 is 0. The van der Waals surface area contributed by atoms with Crippen LogP contribution in [0.3, 0.4) is 0 Å². The molecule has 0 atom stereocenters. The van der Waals surface area contributed by atoms with Crippen LogP contribution in [0.1, 0.15) is 25.3 Å². The molecule has 0 aliphatic rings. The minimum Gasteiger partial charge on any atom is -0.496 e. The second-order valence-corrected chi connectivity index (χ2v) is 4.70. The van der Waals surface area contributed by atoms with Gasteiger partial charge in [0.15, 0.2) is 0 Å². The van der Waals surface area contributed by atoms with E-state index in [2.05, 4.69) is 26.0 Å². The maximum atomic E-state index is 6.13. The standard InChI is InChI=1S/C16H19NO/c1-11(2)13-10-16(18-3)14(9-15(13)17)12-7-5-4-6-8-12/h4-11H,17H2,1-3H3. The number of rotatable bonds is 3. The number of hydrogen-bond donors (Lipinski definition) is 1. The number of nitrogen functional groups attached to an aromatic ring is 1. The lowest BCUT2D eigenvalue weighted by Gasteiger charge is -2.15. The minimum atomic E-state index is 0.392. The number of benzene rings is 2. The molecule has 0 aliphatic carbocycles. The molecule has 18 heavy (non-hydrogen) atoms. The highest BCUT2D eigenvalue weighted by Crippen LogP contribution is 2.36. The van der Waals surface area contributed by atoms with E-state index in [1.54, 1.807) is 7.11 Å². The quantitative estimate of drug-likeness (QED) is 0.822. The molecule has 2 heteroatoms. The van der Waals surface area contributed by atoms with E-state index >= 15 is 0 Å². The molecule has 0 unspecified atom stereocenters. The van der Waals surface area contributed by atoms with Crippen LogP contribution < -0.4 is 10.5 Å². The zero-order valence-corrected chi connectivity index (χ0v) is 11.1. The molecule has 94 valence electrons. The van der Waals surface area contributed by atoms with Gasteiger partial charge in [0, 0.05) is 11.3 Å². The van der Waals surface area contributed by atoms with Crippen LogP contribution in [0, 0.1) is 0 Å². The van der Waals surface area contributed by atoms with Crippen LogP contribution in [0.25, 0.3) is 11.1 Å². The van der Waals surface area contributed by atoms with Gasteiger partial charge >= 0.3 is 0 Å². The van der Waals surface area contributed by atoms with E-state index in [-0.39, 0.29) is 0 Å². The Bertz CT molecular complexity index is 532. The van der Waals surface area contributed by atoms with Crippen molar-refractivity contribution >= 4 is 5.69 Å². The van der Waals surface area contributed by atoms with Crippen LogP contribution in [-0.2, 0) is 0 Å². The number of anilines is 1. The Morgan fingerprint density at radius 2 is 1.72 bits per heavy atom. The summed E-state index contributed by atoms with van der Waals surface area (Å²) in [5, 5.41) is 0. The molecule has 0 saturated heterocycles. The third-order valence-electron chi connectivity index (χ3n) is 3.11. The van der Waals surface area contributed by atoms with E-state index in [1.165, 1.54) is 0 Å². The lowest BCUT2D eigenvalue weighted by molar-refractivity contribution is 0.416. The van der Waals surface area contributed by atoms with E-state index in [9.17, 15) is 0 Å². The van der Waals surface area contributed by atoms with Crippen molar-refractivity contribution in [2.45, 2.75) is 19.8 Å². The second kappa shape index (κ2) is 5.13. The molecule has 0 heterocycles. The predicted molar refractivity (Wildman–Crippen MR) is 76.9 cm³/mol. The highest BCUT2D eigenvalue weighted by molar-refractivity contribution is 5.75. The highest BCUT2D eigenvalue weighted by atomic mass is 16.5. The highest BCUT2D eigenvalue weighted by Gasteiger charge is 2.12. The average Bonchev–Trinajstić information content (AvgIpc) is 2.39. The molecule has 2 aromatic rings. The van der Waals surface area contributed by atoms with Gasteiger partial charge in [-0.1, -0.05) is 44.2 Å². The first-order chi connectivity index (χ1) is 8.63. The molecule has 0 spiro atoms. The van der Waals surface area contributed by atoms with Gasteiger partial charge in [0.1, 0.15) is 5.75 Å². The number of ether oxygens (including phenoxy) is 1. The van der Waals surface area contributed by atoms with Crippen LogP contribution >= 0.6 is 0 Å². The molecule has 2 N–H and O–H groups in total. The van der Waals surface area contributed by atoms with Crippen molar-refractivity contribution in [1.29, 1.82) is 0 Å². The van der Waals surface area contributed by atoms with Gasteiger partial charge in [-0.15, -0.1) is 0 Å². The molecule has 2 rings (SSSR count). The molecule has 0 aliphatic heterocycles. The monoisotopic (exact) mass is 241 g/mol. The zero-order chi connectivity index (χ0) is 13.1. The van der Waals surface area contributed by atoms with Crippen LogP contribution in [0.5, 0.6) is 5.75 Å². The summed E-state index contributed by atoms with van der Waals surface area (Å²) in [5.74, 6) is 1.27. The Labute approximate surface area is 108 Å². The molecule has 0 aromatic heterocycles. The van der Waals surface area contributed by atoms with Crippen molar-refractivity contribution in [1.82, 2.24) is 0 Å². The van der Waals surface area contributed by atoms with Crippen LogP contribution in [0.2, 0.25) is 0 Å². The molecule has 2 aromatic carbocycles. The Hall–Kier alpha value is -1.96. The minimum absolute atomic E-state index is 0.392. The summed E-state index contributed by atoms with van der Waals surface area (Å²) < 4.78 is 5.49. The normalized spacial score (nSPS) is 10.7. The van der Waals surface area contributed by atoms with Gasteiger partial charge in [-0.25, -0.2) is 0 Å². The zero-order valence-electron chi connectivity index (χ0n) is 11.1. The van der Waals surface area contributed by atoms with Gasteiger partial charge < -0.3 is 10.5 Å². The Morgan fingerprint density at radius 3 is 2.28 bits per heavy atom. The third kappa shape index (κ3) is 2.33. The third-order valence-corrected chi connectivity index (χ3v) is 3.11. The van der Waals surface area contributed by atoms with E-state index in [4.69, 9.17) is 10.5 Å². The molecule has 0 fully saturated rings. The van der Waals surface area contributed by atoms with E-state index in [1.807, 2.05) is 30.3 Å². The fourth-order valence-electron chi connectivity index (χ4n) is 2.12. The lowest BCUT2D eigenvalue weighted by Crippen LogP contribution is -1.99. The van der Waals surface area contributed by atoms with Crippen LogP contribution in [0.4, 0.5) is 5.69 Å². The molecule has 0 saturated carbocycles. The topological polar surface area (TPSA) is 35.2 Å². The van der Waals surface area contributed by atoms with Crippen LogP contribution in [0.15, 0.2) is 42.5 Å². The first-order valence-electron chi connectivity index (χ1n) is 6.16. The van der Waals surface area contributed by atoms with Gasteiger partial charge in [0.05, 0.1) is 7.11 Å². The molecule has 0 amide bonds. The van der Waals surface area contributed by atoms with Gasteiger partial charge in [-0.3, -0.25) is 0 Å². The Balaban J connectivity index is 2.58. The number of methoxy groups -OCH3 is 1. The Kier molecular flexibility index (Phi) is 3.56. The van der Waals surface area contributed by atoms with Crippen molar-refractivity contribution in [3.8, 4) is 16.9 Å². The number of hydrogen-bond acceptors (Lipinski definition) is 2. The van der Waals surface area contributed by atoms with Gasteiger partial charge in [-0.2, -0.15) is 0 Å². The summed E-state index contributed by atoms with van der Waals surface area (Å²) in [4.78, 5) is 0. The predicted octanol–water partition coefficient (Wildman–Crippen LogP) is 4.07. The van der Waals surface area contributed by atoms with Gasteiger partial charge in [0.25, 0.3) is 0 Å². The largest absolute Gasteiger partial charge is 0.496 e. The lowest BCUT2D eigenvalue weighted by atomic mass is 9.96. The molecule has 2 nitrogen and oxygen atoms in total. The second-order valence-electron chi connectivity index (χ2n) is 4.70. The molecular formula is C16H19NO. The summed E-state index contributed by atoms with van der Waals surface area (Å²) in [6.07, 6.45) is 0. The van der Waals surface area contributed by atoms with Gasteiger partial charge in [-0.05, 0) is 29.2 Å². The fraction of sp³-hybridized carbons (Fsp3) is 0.250. The summed E-state index contributed by atoms with van der Waals surface area (Å²) in [6, 6.07) is 14.2. The van der Waals surface area contributed by atoms with Crippen molar-refractivity contribution in [3.05, 3.63) is 48.0 Å². The molecular weight excluding hydrogens is 222 g/mol. The van der Waals surface area contributed by atoms with Crippen molar-refractivity contribution < 1.29 is 4.74 Å².